The van der Waals surface area contributed by atoms with Gasteiger partial charge >= 0.3 is 6.01 Å². The molecule has 2 aromatic heterocycles. The molecule has 0 unspecified atom stereocenters. The van der Waals surface area contributed by atoms with Crippen LogP contribution in [0.15, 0.2) is 22.6 Å². The highest BCUT2D eigenvalue weighted by Crippen LogP contribution is 2.25. The summed E-state index contributed by atoms with van der Waals surface area (Å²) >= 11 is 0. The van der Waals surface area contributed by atoms with Gasteiger partial charge < -0.3 is 14.9 Å². The molecule has 1 saturated heterocycles. The molecule has 0 radical (unpaired) electrons. The number of nitrogens with zero attached hydrogens (tertiary/aromatic N) is 3. The number of aromatic nitrogens is 3. The van der Waals surface area contributed by atoms with Crippen molar-refractivity contribution in [1.29, 1.82) is 0 Å². The first-order chi connectivity index (χ1) is 9.31. The van der Waals surface area contributed by atoms with Gasteiger partial charge in [-0.05, 0) is 25.0 Å². The maximum absolute atomic E-state index is 5.40. The number of anilines is 1. The Morgan fingerprint density at radius 3 is 2.79 bits per heavy atom. The third kappa shape index (κ3) is 2.90. The van der Waals surface area contributed by atoms with Crippen LogP contribution in [-0.4, -0.2) is 28.4 Å². The van der Waals surface area contributed by atoms with Gasteiger partial charge in [-0.2, -0.15) is 0 Å². The number of hydrogen-bond donors (Lipinski definition) is 1. The number of nitrogen functional groups attached to an aromatic ring is 1. The molecule has 1 aliphatic rings. The van der Waals surface area contributed by atoms with Crippen LogP contribution in [0, 0.1) is 0 Å². The average molecular weight is 260 g/mol. The largest absolute Gasteiger partial charge is 0.408 e. The molecule has 0 saturated carbocycles. The summed E-state index contributed by atoms with van der Waals surface area (Å²) in [5, 5.41) is 7.49. The van der Waals surface area contributed by atoms with E-state index < -0.39 is 0 Å². The molecule has 6 nitrogen and oxygen atoms in total. The van der Waals surface area contributed by atoms with Gasteiger partial charge in [0, 0.05) is 30.5 Å². The van der Waals surface area contributed by atoms with Crippen LogP contribution < -0.4 is 5.73 Å². The van der Waals surface area contributed by atoms with E-state index in [-0.39, 0.29) is 6.01 Å². The first-order valence-electron chi connectivity index (χ1n) is 6.42. The van der Waals surface area contributed by atoms with Crippen molar-refractivity contribution in [2.45, 2.75) is 25.2 Å². The van der Waals surface area contributed by atoms with Gasteiger partial charge in [-0.25, -0.2) is 0 Å². The standard InChI is InChI=1S/C13H16N4O2/c14-13-17-16-12(19-13)8-10-2-1-3-11(15-10)9-4-6-18-7-5-9/h1-3,9H,4-8H2,(H2,14,17). The van der Waals surface area contributed by atoms with E-state index in [9.17, 15) is 0 Å². The number of hydrogen-bond acceptors (Lipinski definition) is 6. The fourth-order valence-electron chi connectivity index (χ4n) is 2.31. The van der Waals surface area contributed by atoms with Gasteiger partial charge in [0.15, 0.2) is 0 Å². The van der Waals surface area contributed by atoms with Gasteiger partial charge in [0.1, 0.15) is 0 Å². The molecule has 19 heavy (non-hydrogen) atoms. The molecular weight excluding hydrogens is 244 g/mol. The highest BCUT2D eigenvalue weighted by Gasteiger charge is 2.17. The maximum atomic E-state index is 5.40. The molecule has 0 amide bonds. The van der Waals surface area contributed by atoms with Gasteiger partial charge in [0.25, 0.3) is 0 Å². The lowest BCUT2D eigenvalue weighted by molar-refractivity contribution is 0.0844. The predicted molar refractivity (Wildman–Crippen MR) is 68.5 cm³/mol. The fraction of sp³-hybridized carbons (Fsp3) is 0.462. The van der Waals surface area contributed by atoms with Crippen LogP contribution >= 0.6 is 0 Å². The quantitative estimate of drug-likeness (QED) is 0.900. The summed E-state index contributed by atoms with van der Waals surface area (Å²) in [6, 6.07) is 6.15. The second-order valence-electron chi connectivity index (χ2n) is 4.65. The van der Waals surface area contributed by atoms with E-state index in [1.165, 1.54) is 0 Å². The Hall–Kier alpha value is -1.95. The molecule has 0 bridgehead atoms. The molecule has 6 heteroatoms. The Morgan fingerprint density at radius 1 is 1.21 bits per heavy atom. The first kappa shape index (κ1) is 12.1. The molecular formula is C13H16N4O2. The summed E-state index contributed by atoms with van der Waals surface area (Å²) in [4.78, 5) is 4.68. The Bertz CT molecular complexity index is 549. The summed E-state index contributed by atoms with van der Waals surface area (Å²) in [5.41, 5.74) is 7.45. The smallest absolute Gasteiger partial charge is 0.312 e. The Labute approximate surface area is 111 Å². The zero-order chi connectivity index (χ0) is 13.1. The summed E-state index contributed by atoms with van der Waals surface area (Å²) in [7, 11) is 0. The predicted octanol–water partition coefficient (Wildman–Crippen LogP) is 1.53. The number of nitrogens with two attached hydrogens (primary N) is 1. The van der Waals surface area contributed by atoms with Crippen LogP contribution in [0.1, 0.15) is 36.0 Å². The van der Waals surface area contributed by atoms with E-state index >= 15 is 0 Å². The molecule has 0 aromatic carbocycles. The van der Waals surface area contributed by atoms with Crippen molar-refractivity contribution >= 4 is 6.01 Å². The minimum atomic E-state index is 0.0931. The Balaban J connectivity index is 1.75. The second-order valence-corrected chi connectivity index (χ2v) is 4.65. The van der Waals surface area contributed by atoms with E-state index in [1.54, 1.807) is 0 Å². The van der Waals surface area contributed by atoms with Crippen LogP contribution in [0.25, 0.3) is 0 Å². The summed E-state index contributed by atoms with van der Waals surface area (Å²) < 4.78 is 10.5. The molecule has 3 rings (SSSR count). The van der Waals surface area contributed by atoms with Crippen molar-refractivity contribution in [3.8, 4) is 0 Å². The van der Waals surface area contributed by atoms with Crippen molar-refractivity contribution < 1.29 is 9.15 Å². The average Bonchev–Trinajstić information content (AvgIpc) is 2.85. The fourth-order valence-corrected chi connectivity index (χ4v) is 2.31. The van der Waals surface area contributed by atoms with Crippen molar-refractivity contribution in [1.82, 2.24) is 15.2 Å². The number of pyridine rings is 1. The SMILES string of the molecule is Nc1nnc(Cc2cccc(C3CCOCC3)n2)o1. The lowest BCUT2D eigenvalue weighted by Crippen LogP contribution is -2.15. The van der Waals surface area contributed by atoms with Crippen molar-refractivity contribution in [2.24, 2.45) is 0 Å². The van der Waals surface area contributed by atoms with Crippen LogP contribution in [0.5, 0.6) is 0 Å². The highest BCUT2D eigenvalue weighted by atomic mass is 16.5. The van der Waals surface area contributed by atoms with Crippen molar-refractivity contribution in [3.05, 3.63) is 35.5 Å². The monoisotopic (exact) mass is 260 g/mol. The van der Waals surface area contributed by atoms with Gasteiger partial charge in [-0.3, -0.25) is 4.98 Å². The molecule has 1 aliphatic heterocycles. The molecule has 1 fully saturated rings. The van der Waals surface area contributed by atoms with Crippen LogP contribution in [0.3, 0.4) is 0 Å². The Morgan fingerprint density at radius 2 is 2.05 bits per heavy atom. The molecule has 2 N–H and O–H groups in total. The van der Waals surface area contributed by atoms with Gasteiger partial charge in [-0.1, -0.05) is 11.2 Å². The molecule has 100 valence electrons. The molecule has 3 heterocycles. The van der Waals surface area contributed by atoms with Crippen LogP contribution in [-0.2, 0) is 11.2 Å². The summed E-state index contributed by atoms with van der Waals surface area (Å²) in [6.45, 7) is 1.63. The normalized spacial score (nSPS) is 16.6. The van der Waals surface area contributed by atoms with E-state index in [2.05, 4.69) is 21.2 Å². The molecule has 0 spiro atoms. The maximum Gasteiger partial charge on any atom is 0.312 e. The van der Waals surface area contributed by atoms with Crippen molar-refractivity contribution in [3.63, 3.8) is 0 Å². The number of ether oxygens (including phenoxy) is 1. The lowest BCUT2D eigenvalue weighted by atomic mass is 9.96. The molecule has 0 atom stereocenters. The third-order valence-electron chi connectivity index (χ3n) is 3.28. The van der Waals surface area contributed by atoms with Crippen LogP contribution in [0.2, 0.25) is 0 Å². The van der Waals surface area contributed by atoms with Gasteiger partial charge in [-0.15, -0.1) is 5.10 Å². The van der Waals surface area contributed by atoms with Crippen LogP contribution in [0.4, 0.5) is 6.01 Å². The summed E-state index contributed by atoms with van der Waals surface area (Å²) in [6.07, 6.45) is 2.58. The number of rotatable bonds is 3. The minimum Gasteiger partial charge on any atom is -0.408 e. The van der Waals surface area contributed by atoms with Gasteiger partial charge in [0.2, 0.25) is 5.89 Å². The minimum absolute atomic E-state index is 0.0931. The third-order valence-corrected chi connectivity index (χ3v) is 3.28. The highest BCUT2D eigenvalue weighted by molar-refractivity contribution is 5.18. The second kappa shape index (κ2) is 5.36. The zero-order valence-corrected chi connectivity index (χ0v) is 10.6. The lowest BCUT2D eigenvalue weighted by Gasteiger charge is -2.21. The molecule has 0 aliphatic carbocycles. The topological polar surface area (TPSA) is 87.1 Å². The van der Waals surface area contributed by atoms with E-state index in [0.29, 0.717) is 18.2 Å². The Kier molecular flexibility index (Phi) is 3.41. The van der Waals surface area contributed by atoms with E-state index in [0.717, 1.165) is 37.4 Å². The van der Waals surface area contributed by atoms with Crippen molar-refractivity contribution in [2.75, 3.05) is 18.9 Å². The zero-order valence-electron chi connectivity index (χ0n) is 10.6. The first-order valence-corrected chi connectivity index (χ1v) is 6.42. The van der Waals surface area contributed by atoms with E-state index in [1.807, 2.05) is 12.1 Å². The summed E-state index contributed by atoms with van der Waals surface area (Å²) in [5.74, 6) is 0.982. The van der Waals surface area contributed by atoms with Gasteiger partial charge in [0.05, 0.1) is 6.42 Å². The van der Waals surface area contributed by atoms with E-state index in [4.69, 9.17) is 14.9 Å². The molecule has 2 aromatic rings.